The zero-order valence-corrected chi connectivity index (χ0v) is 19.4. The fraction of sp³-hybridized carbons (Fsp3) is 0.259. The van der Waals surface area contributed by atoms with Crippen molar-refractivity contribution in [3.05, 3.63) is 94.5 Å². The molecular formula is C27H31N3O2. The molecule has 32 heavy (non-hydrogen) atoms. The first kappa shape index (κ1) is 23.2. The lowest BCUT2D eigenvalue weighted by atomic mass is 10.0. The summed E-state index contributed by atoms with van der Waals surface area (Å²) < 4.78 is 0. The van der Waals surface area contributed by atoms with Gasteiger partial charge in [0, 0.05) is 11.4 Å². The molecule has 3 rings (SSSR count). The molecular weight excluding hydrogens is 398 g/mol. The van der Waals surface area contributed by atoms with E-state index < -0.39 is 6.04 Å². The van der Waals surface area contributed by atoms with Crippen molar-refractivity contribution in [2.24, 2.45) is 0 Å². The highest BCUT2D eigenvalue weighted by Crippen LogP contribution is 2.24. The third kappa shape index (κ3) is 5.83. The first-order valence-electron chi connectivity index (χ1n) is 10.7. The molecule has 2 amide bonds. The molecule has 0 radical (unpaired) electrons. The summed E-state index contributed by atoms with van der Waals surface area (Å²) in [6, 6.07) is 20.7. The number of carbonyl (C=O) groups excluding carboxylic acids is 2. The lowest BCUT2D eigenvalue weighted by molar-refractivity contribution is -0.123. The average molecular weight is 430 g/mol. The molecule has 3 aromatic carbocycles. The maximum atomic E-state index is 13.2. The Labute approximate surface area is 190 Å². The minimum absolute atomic E-state index is 0.0770. The highest BCUT2D eigenvalue weighted by molar-refractivity contribution is 5.97. The Bertz CT molecular complexity index is 1070. The van der Waals surface area contributed by atoms with Gasteiger partial charge in [0.05, 0.1) is 6.54 Å². The van der Waals surface area contributed by atoms with Crippen molar-refractivity contribution in [1.82, 2.24) is 4.90 Å². The van der Waals surface area contributed by atoms with Gasteiger partial charge in [-0.05, 0) is 63.6 Å². The number of amides is 2. The van der Waals surface area contributed by atoms with Crippen LogP contribution in [0.4, 0.5) is 11.4 Å². The van der Waals surface area contributed by atoms with Crippen molar-refractivity contribution in [3.8, 4) is 0 Å². The molecule has 2 N–H and O–H groups in total. The van der Waals surface area contributed by atoms with E-state index in [9.17, 15) is 9.59 Å². The van der Waals surface area contributed by atoms with Crippen molar-refractivity contribution in [2.75, 3.05) is 24.2 Å². The summed E-state index contributed by atoms with van der Waals surface area (Å²) in [6.45, 7) is 8.09. The summed E-state index contributed by atoms with van der Waals surface area (Å²) in [5, 5.41) is 6.01. The van der Waals surface area contributed by atoms with Crippen LogP contribution in [-0.4, -0.2) is 30.3 Å². The minimum atomic E-state index is -0.608. The molecule has 3 aromatic rings. The molecule has 0 fully saturated rings. The Kier molecular flexibility index (Phi) is 7.44. The van der Waals surface area contributed by atoms with Crippen LogP contribution in [-0.2, 0) is 9.59 Å². The summed E-state index contributed by atoms with van der Waals surface area (Å²) in [5.41, 5.74) is 6.71. The molecule has 0 aliphatic heterocycles. The van der Waals surface area contributed by atoms with Gasteiger partial charge in [0.25, 0.3) is 0 Å². The second-order valence-corrected chi connectivity index (χ2v) is 8.41. The molecule has 5 heteroatoms. The van der Waals surface area contributed by atoms with Gasteiger partial charge in [0.2, 0.25) is 11.8 Å². The zero-order chi connectivity index (χ0) is 23.3. The predicted molar refractivity (Wildman–Crippen MR) is 131 cm³/mol. The summed E-state index contributed by atoms with van der Waals surface area (Å²) in [4.78, 5) is 27.9. The molecule has 0 unspecified atom stereocenters. The normalized spacial score (nSPS) is 11.8. The molecule has 1 atom stereocenters. The lowest BCUT2D eigenvalue weighted by Gasteiger charge is -2.27. The Morgan fingerprint density at radius 3 is 2.00 bits per heavy atom. The van der Waals surface area contributed by atoms with Crippen LogP contribution in [0.5, 0.6) is 0 Å². The van der Waals surface area contributed by atoms with Crippen molar-refractivity contribution in [3.63, 3.8) is 0 Å². The fourth-order valence-electron chi connectivity index (χ4n) is 3.96. The van der Waals surface area contributed by atoms with Crippen molar-refractivity contribution in [1.29, 1.82) is 0 Å². The van der Waals surface area contributed by atoms with Crippen molar-refractivity contribution < 1.29 is 9.59 Å². The third-order valence-corrected chi connectivity index (χ3v) is 5.46. The molecule has 5 nitrogen and oxygen atoms in total. The largest absolute Gasteiger partial charge is 0.324 e. The van der Waals surface area contributed by atoms with Crippen LogP contribution in [0.1, 0.15) is 33.9 Å². The van der Waals surface area contributed by atoms with Crippen LogP contribution in [0.3, 0.4) is 0 Å². The molecule has 0 aliphatic carbocycles. The number of nitrogens with zero attached hydrogens (tertiary/aromatic N) is 1. The van der Waals surface area contributed by atoms with E-state index in [-0.39, 0.29) is 18.4 Å². The molecule has 166 valence electrons. The van der Waals surface area contributed by atoms with E-state index in [0.29, 0.717) is 0 Å². The van der Waals surface area contributed by atoms with Crippen LogP contribution in [0.2, 0.25) is 0 Å². The first-order chi connectivity index (χ1) is 15.2. The van der Waals surface area contributed by atoms with Gasteiger partial charge < -0.3 is 10.6 Å². The van der Waals surface area contributed by atoms with E-state index in [1.165, 1.54) is 0 Å². The molecule has 0 bridgehead atoms. The number of benzene rings is 3. The summed E-state index contributed by atoms with van der Waals surface area (Å²) >= 11 is 0. The van der Waals surface area contributed by atoms with Crippen molar-refractivity contribution >= 4 is 23.2 Å². The monoisotopic (exact) mass is 429 g/mol. The number of nitrogens with one attached hydrogen (secondary N) is 2. The van der Waals surface area contributed by atoms with Gasteiger partial charge in [0.15, 0.2) is 0 Å². The van der Waals surface area contributed by atoms with Gasteiger partial charge >= 0.3 is 0 Å². The first-order valence-corrected chi connectivity index (χ1v) is 10.7. The van der Waals surface area contributed by atoms with E-state index >= 15 is 0 Å². The Morgan fingerprint density at radius 1 is 0.812 bits per heavy atom. The van der Waals surface area contributed by atoms with Gasteiger partial charge in [-0.25, -0.2) is 0 Å². The Balaban J connectivity index is 1.78. The standard InChI is InChI=1S/C27H31N3O2/c1-18-11-13-23(14-12-18)28-27(32)26(22-9-7-6-8-10-22)30(5)17-24(31)29-25-20(3)15-19(2)16-21(25)4/h6-16,26H,17H2,1-5H3,(H,28,32)(H,29,31)/t26-/m0/s1. The fourth-order valence-corrected chi connectivity index (χ4v) is 3.96. The second kappa shape index (κ2) is 10.2. The maximum Gasteiger partial charge on any atom is 0.246 e. The zero-order valence-electron chi connectivity index (χ0n) is 19.4. The van der Waals surface area contributed by atoms with Gasteiger partial charge in [-0.3, -0.25) is 14.5 Å². The highest BCUT2D eigenvalue weighted by atomic mass is 16.2. The van der Waals surface area contributed by atoms with Gasteiger partial charge in [-0.1, -0.05) is 65.7 Å². The molecule has 0 aliphatic rings. The van der Waals surface area contributed by atoms with Crippen molar-refractivity contribution in [2.45, 2.75) is 33.7 Å². The summed E-state index contributed by atoms with van der Waals surface area (Å²) in [7, 11) is 1.79. The van der Waals surface area contributed by atoms with E-state index in [2.05, 4.69) is 10.6 Å². The number of rotatable bonds is 7. The predicted octanol–water partition coefficient (Wildman–Crippen LogP) is 5.17. The van der Waals surface area contributed by atoms with Crippen LogP contribution in [0.15, 0.2) is 66.7 Å². The molecule has 0 spiro atoms. The number of aryl methyl sites for hydroxylation is 4. The van der Waals surface area contributed by atoms with Gasteiger partial charge in [-0.15, -0.1) is 0 Å². The van der Waals surface area contributed by atoms with Crippen LogP contribution in [0.25, 0.3) is 0 Å². The summed E-state index contributed by atoms with van der Waals surface area (Å²) in [6.07, 6.45) is 0. The van der Waals surface area contributed by atoms with E-state index in [1.807, 2.05) is 94.4 Å². The summed E-state index contributed by atoms with van der Waals surface area (Å²) in [5.74, 6) is -0.343. The number of carbonyl (C=O) groups is 2. The van der Waals surface area contributed by atoms with Crippen LogP contribution in [0, 0.1) is 27.7 Å². The third-order valence-electron chi connectivity index (χ3n) is 5.46. The Hall–Kier alpha value is -3.44. The SMILES string of the molecule is Cc1ccc(NC(=O)[C@H](c2ccccc2)N(C)CC(=O)Nc2c(C)cc(C)cc2C)cc1. The van der Waals surface area contributed by atoms with Crippen LogP contribution < -0.4 is 10.6 Å². The highest BCUT2D eigenvalue weighted by Gasteiger charge is 2.27. The smallest absolute Gasteiger partial charge is 0.246 e. The molecule has 0 heterocycles. The maximum absolute atomic E-state index is 13.2. The number of hydrogen-bond acceptors (Lipinski definition) is 3. The second-order valence-electron chi connectivity index (χ2n) is 8.41. The topological polar surface area (TPSA) is 61.4 Å². The van der Waals surface area contributed by atoms with E-state index in [0.717, 1.165) is 39.2 Å². The number of hydrogen-bond donors (Lipinski definition) is 2. The number of likely N-dealkylation sites (N-methyl/N-ethyl adjacent to an activating group) is 1. The minimum Gasteiger partial charge on any atom is -0.324 e. The van der Waals surface area contributed by atoms with E-state index in [1.54, 1.807) is 11.9 Å². The van der Waals surface area contributed by atoms with Crippen LogP contribution >= 0.6 is 0 Å². The quantitative estimate of drug-likeness (QED) is 0.545. The molecule has 0 saturated carbocycles. The molecule has 0 saturated heterocycles. The van der Waals surface area contributed by atoms with Gasteiger partial charge in [-0.2, -0.15) is 0 Å². The average Bonchev–Trinajstić information content (AvgIpc) is 2.73. The number of anilines is 2. The Morgan fingerprint density at radius 2 is 1.41 bits per heavy atom. The lowest BCUT2D eigenvalue weighted by Crippen LogP contribution is -2.39. The molecule has 0 aromatic heterocycles. The van der Waals surface area contributed by atoms with Gasteiger partial charge in [0.1, 0.15) is 6.04 Å². The van der Waals surface area contributed by atoms with E-state index in [4.69, 9.17) is 0 Å².